The van der Waals surface area contributed by atoms with Gasteiger partial charge in [-0.3, -0.25) is 4.79 Å². The van der Waals surface area contributed by atoms with Crippen LogP contribution in [0.3, 0.4) is 0 Å². The second-order valence-corrected chi connectivity index (χ2v) is 4.25. The van der Waals surface area contributed by atoms with E-state index >= 15 is 0 Å². The van der Waals surface area contributed by atoms with Crippen LogP contribution < -0.4 is 15.4 Å². The predicted octanol–water partition coefficient (Wildman–Crippen LogP) is 0.988. The van der Waals surface area contributed by atoms with Gasteiger partial charge in [0.15, 0.2) is 18.1 Å². The molecule has 0 spiro atoms. The molecule has 0 unspecified atom stereocenters. The first kappa shape index (κ1) is 18.2. The van der Waals surface area contributed by atoms with Gasteiger partial charge in [-0.1, -0.05) is 0 Å². The Morgan fingerprint density at radius 2 is 2.09 bits per heavy atom. The molecule has 0 radical (unpaired) electrons. The Balaban J connectivity index is 2.47. The summed E-state index contributed by atoms with van der Waals surface area (Å²) in [6, 6.07) is 2.67. The van der Waals surface area contributed by atoms with Crippen molar-refractivity contribution < 1.29 is 27.4 Å². The first-order chi connectivity index (χ1) is 10.4. The maximum atomic E-state index is 12.2. The molecule has 1 rings (SSSR count). The highest BCUT2D eigenvalue weighted by molar-refractivity contribution is 5.94. The van der Waals surface area contributed by atoms with Crippen LogP contribution >= 0.6 is 0 Å². The fraction of sp³-hybridized carbons (Fsp3) is 0.538. The van der Waals surface area contributed by atoms with Crippen molar-refractivity contribution in [3.05, 3.63) is 24.0 Å². The van der Waals surface area contributed by atoms with Gasteiger partial charge >= 0.3 is 6.18 Å². The molecule has 0 saturated heterocycles. The number of carbonyl (C=O) groups excluding carboxylic acids is 1. The molecule has 0 atom stereocenters. The predicted molar refractivity (Wildman–Crippen MR) is 72.9 cm³/mol. The summed E-state index contributed by atoms with van der Waals surface area (Å²) in [6.45, 7) is 0.509. The van der Waals surface area contributed by atoms with Gasteiger partial charge in [0.25, 0.3) is 5.91 Å². The first-order valence-corrected chi connectivity index (χ1v) is 6.56. The van der Waals surface area contributed by atoms with E-state index in [1.165, 1.54) is 18.3 Å². The van der Waals surface area contributed by atoms with Crippen molar-refractivity contribution in [3.63, 3.8) is 0 Å². The van der Waals surface area contributed by atoms with Crippen LogP contribution in [0.2, 0.25) is 0 Å². The number of amides is 1. The van der Waals surface area contributed by atoms with Gasteiger partial charge in [-0.2, -0.15) is 13.2 Å². The van der Waals surface area contributed by atoms with E-state index in [4.69, 9.17) is 4.74 Å². The Morgan fingerprint density at radius 3 is 2.77 bits per heavy atom. The molecular formula is C13H18F3N3O3. The largest absolute Gasteiger partial charge is 0.482 e. The highest BCUT2D eigenvalue weighted by atomic mass is 19.4. The zero-order valence-electron chi connectivity index (χ0n) is 12.1. The highest BCUT2D eigenvalue weighted by Crippen LogP contribution is 2.20. The van der Waals surface area contributed by atoms with Gasteiger partial charge in [0.2, 0.25) is 0 Å². The minimum Gasteiger partial charge on any atom is -0.482 e. The minimum atomic E-state index is -4.48. The normalized spacial score (nSPS) is 11.3. The van der Waals surface area contributed by atoms with Gasteiger partial charge < -0.3 is 20.1 Å². The van der Waals surface area contributed by atoms with E-state index in [1.54, 1.807) is 7.11 Å². The number of hydrogen-bond acceptors (Lipinski definition) is 5. The van der Waals surface area contributed by atoms with Crippen molar-refractivity contribution in [1.82, 2.24) is 15.6 Å². The molecule has 124 valence electrons. The fourth-order valence-electron chi connectivity index (χ4n) is 1.48. The number of nitrogens with zero attached hydrogens (tertiary/aromatic N) is 1. The molecule has 0 aliphatic rings. The topological polar surface area (TPSA) is 72.5 Å². The lowest BCUT2D eigenvalue weighted by Gasteiger charge is -2.12. The maximum absolute atomic E-state index is 12.2. The van der Waals surface area contributed by atoms with Crippen LogP contribution in [-0.2, 0) is 4.74 Å². The Bertz CT molecular complexity index is 469. The molecule has 1 amide bonds. The van der Waals surface area contributed by atoms with Crippen LogP contribution in [0.1, 0.15) is 10.5 Å². The molecule has 1 aromatic rings. The molecule has 1 heterocycles. The third-order valence-corrected chi connectivity index (χ3v) is 2.45. The van der Waals surface area contributed by atoms with Crippen LogP contribution in [0.4, 0.5) is 13.2 Å². The number of nitrogens with one attached hydrogen (secondary N) is 2. The summed E-state index contributed by atoms with van der Waals surface area (Å²) in [7, 11) is 1.58. The summed E-state index contributed by atoms with van der Waals surface area (Å²) in [5.41, 5.74) is -0.177. The van der Waals surface area contributed by atoms with E-state index in [0.717, 1.165) is 0 Å². The van der Waals surface area contributed by atoms with Crippen molar-refractivity contribution >= 4 is 5.91 Å². The summed E-state index contributed by atoms with van der Waals surface area (Å²) in [6.07, 6.45) is -3.17. The molecule has 0 aromatic carbocycles. The van der Waals surface area contributed by atoms with Gasteiger partial charge in [0, 0.05) is 32.9 Å². The summed E-state index contributed by atoms with van der Waals surface area (Å²) in [4.78, 5) is 15.7. The van der Waals surface area contributed by atoms with Gasteiger partial charge in [-0.25, -0.2) is 4.98 Å². The van der Waals surface area contributed by atoms with Crippen molar-refractivity contribution in [2.24, 2.45) is 0 Å². The third-order valence-electron chi connectivity index (χ3n) is 2.45. The average molecular weight is 321 g/mol. The van der Waals surface area contributed by atoms with Gasteiger partial charge in [0.05, 0.1) is 6.61 Å². The van der Waals surface area contributed by atoms with E-state index in [-0.39, 0.29) is 11.4 Å². The lowest BCUT2D eigenvalue weighted by Crippen LogP contribution is -2.33. The zero-order chi connectivity index (χ0) is 16.4. The summed E-state index contributed by atoms with van der Waals surface area (Å²) in [5.74, 6) is -0.795. The molecule has 0 bridgehead atoms. The Morgan fingerprint density at radius 1 is 1.32 bits per heavy atom. The molecule has 22 heavy (non-hydrogen) atoms. The number of aromatic nitrogens is 1. The number of ether oxygens (including phenoxy) is 2. The van der Waals surface area contributed by atoms with Crippen LogP contribution in [0.5, 0.6) is 5.75 Å². The van der Waals surface area contributed by atoms with Crippen molar-refractivity contribution in [3.8, 4) is 5.75 Å². The second kappa shape index (κ2) is 9.21. The molecule has 0 aliphatic carbocycles. The molecule has 6 nitrogen and oxygen atoms in total. The quantitative estimate of drug-likeness (QED) is 0.664. The molecule has 0 fully saturated rings. The lowest BCUT2D eigenvalue weighted by molar-refractivity contribution is -0.153. The minimum absolute atomic E-state index is 0.177. The number of rotatable bonds is 9. The van der Waals surface area contributed by atoms with Gasteiger partial charge in [0.1, 0.15) is 0 Å². The number of halogens is 3. The standard InChI is InChI=1S/C13H18F3N3O3/c1-21-8-7-17-5-6-19-12(20)11-10(3-2-4-18-11)22-9-13(14,15)16/h2-4,17H,5-9H2,1H3,(H,19,20). The number of pyridine rings is 1. The van der Waals surface area contributed by atoms with E-state index in [2.05, 4.69) is 20.4 Å². The smallest absolute Gasteiger partial charge is 0.422 e. The van der Waals surface area contributed by atoms with Crippen molar-refractivity contribution in [1.29, 1.82) is 0 Å². The van der Waals surface area contributed by atoms with E-state index in [0.29, 0.717) is 26.2 Å². The van der Waals surface area contributed by atoms with Crippen LogP contribution in [0, 0.1) is 0 Å². The van der Waals surface area contributed by atoms with Crippen molar-refractivity contribution in [2.45, 2.75) is 6.18 Å². The van der Waals surface area contributed by atoms with Crippen LogP contribution in [0.25, 0.3) is 0 Å². The summed E-state index contributed by atoms with van der Waals surface area (Å²) < 4.78 is 45.9. The van der Waals surface area contributed by atoms with Crippen molar-refractivity contribution in [2.75, 3.05) is 40.0 Å². The summed E-state index contributed by atoms with van der Waals surface area (Å²) >= 11 is 0. The molecule has 0 aliphatic heterocycles. The lowest BCUT2D eigenvalue weighted by atomic mass is 10.3. The monoisotopic (exact) mass is 321 g/mol. The molecule has 9 heteroatoms. The van der Waals surface area contributed by atoms with Gasteiger partial charge in [-0.05, 0) is 12.1 Å². The number of alkyl halides is 3. The third kappa shape index (κ3) is 7.23. The van der Waals surface area contributed by atoms with E-state index in [9.17, 15) is 18.0 Å². The number of hydrogen-bond donors (Lipinski definition) is 2. The van der Waals surface area contributed by atoms with E-state index < -0.39 is 18.7 Å². The van der Waals surface area contributed by atoms with Crippen LogP contribution in [0.15, 0.2) is 18.3 Å². The van der Waals surface area contributed by atoms with Gasteiger partial charge in [-0.15, -0.1) is 0 Å². The molecular weight excluding hydrogens is 303 g/mol. The highest BCUT2D eigenvalue weighted by Gasteiger charge is 2.29. The van der Waals surface area contributed by atoms with E-state index in [1.807, 2.05) is 0 Å². The summed E-state index contributed by atoms with van der Waals surface area (Å²) in [5, 5.41) is 5.56. The molecule has 0 saturated carbocycles. The Labute approximate surface area is 126 Å². The Hall–Kier alpha value is -1.87. The van der Waals surface area contributed by atoms with Crippen LogP contribution in [-0.4, -0.2) is 57.0 Å². The Kier molecular flexibility index (Phi) is 7.61. The SMILES string of the molecule is COCCNCCNC(=O)c1ncccc1OCC(F)(F)F. The fourth-order valence-corrected chi connectivity index (χ4v) is 1.48. The number of methoxy groups -OCH3 is 1. The second-order valence-electron chi connectivity index (χ2n) is 4.25. The molecule has 1 aromatic heterocycles. The maximum Gasteiger partial charge on any atom is 0.422 e. The number of carbonyl (C=O) groups is 1. The zero-order valence-corrected chi connectivity index (χ0v) is 12.1. The first-order valence-electron chi connectivity index (χ1n) is 6.56. The molecule has 2 N–H and O–H groups in total. The average Bonchev–Trinajstić information content (AvgIpc) is 2.48.